The fourth-order valence-corrected chi connectivity index (χ4v) is 5.36. The van der Waals surface area contributed by atoms with Gasteiger partial charge in [-0.15, -0.1) is 0 Å². The average molecular weight is 420 g/mol. The molecule has 1 aromatic rings. The van der Waals surface area contributed by atoms with Crippen molar-refractivity contribution in [3.05, 3.63) is 36.4 Å². The van der Waals surface area contributed by atoms with E-state index >= 15 is 0 Å². The summed E-state index contributed by atoms with van der Waals surface area (Å²) in [6, 6.07) is 8.81. The molecule has 1 aliphatic carbocycles. The summed E-state index contributed by atoms with van der Waals surface area (Å²) in [4.78, 5) is 2.39. The lowest BCUT2D eigenvalue weighted by atomic mass is 9.86. The van der Waals surface area contributed by atoms with Crippen molar-refractivity contribution < 1.29 is 8.42 Å². The maximum absolute atomic E-state index is 12.6. The molecule has 3 rings (SSSR count). The van der Waals surface area contributed by atoms with Crippen LogP contribution in [-0.2, 0) is 10.0 Å². The molecule has 1 fully saturated rings. The molecule has 0 saturated heterocycles. The second kappa shape index (κ2) is 9.52. The Labute approximate surface area is 177 Å². The van der Waals surface area contributed by atoms with Crippen LogP contribution in [0.5, 0.6) is 0 Å². The highest BCUT2D eigenvalue weighted by molar-refractivity contribution is 7.90. The first kappa shape index (κ1) is 22.2. The van der Waals surface area contributed by atoms with E-state index < -0.39 is 14.8 Å². The van der Waals surface area contributed by atoms with Crippen LogP contribution in [0.15, 0.2) is 36.4 Å². The molecule has 6 heteroatoms. The van der Waals surface area contributed by atoms with Gasteiger partial charge < -0.3 is 10.2 Å². The molecule has 0 atom stereocenters. The summed E-state index contributed by atoms with van der Waals surface area (Å²) < 4.78 is 27.4. The van der Waals surface area contributed by atoms with Crippen molar-refractivity contribution in [2.24, 2.45) is 5.92 Å². The predicted octanol–water partition coefficient (Wildman–Crippen LogP) is 4.53. The molecule has 2 N–H and O–H groups in total. The lowest BCUT2D eigenvalue weighted by molar-refractivity contribution is 0.322. The average Bonchev–Trinajstić information content (AvgIpc) is 2.74. The van der Waals surface area contributed by atoms with Gasteiger partial charge in [0.15, 0.2) is 0 Å². The Hall–Kier alpha value is -1.53. The SMILES string of the molecule is CCC(C)(C)S(=O)(=O)NC1CCC(CNc2ccc(N3CC=CCC3)cc2)CC1. The summed E-state index contributed by atoms with van der Waals surface area (Å²) in [5.41, 5.74) is 2.44. The number of benzene rings is 1. The highest BCUT2D eigenvalue weighted by Gasteiger charge is 2.35. The van der Waals surface area contributed by atoms with Gasteiger partial charge in [0.1, 0.15) is 0 Å². The summed E-state index contributed by atoms with van der Waals surface area (Å²) in [6.45, 7) is 8.57. The Balaban J connectivity index is 1.42. The lowest BCUT2D eigenvalue weighted by Crippen LogP contribution is -2.47. The molecule has 0 bridgehead atoms. The largest absolute Gasteiger partial charge is 0.385 e. The molecule has 0 unspecified atom stereocenters. The Morgan fingerprint density at radius 2 is 1.76 bits per heavy atom. The van der Waals surface area contributed by atoms with Crippen molar-refractivity contribution in [2.45, 2.75) is 70.1 Å². The molecule has 1 aromatic carbocycles. The number of nitrogens with one attached hydrogen (secondary N) is 2. The fourth-order valence-electron chi connectivity index (χ4n) is 3.98. The van der Waals surface area contributed by atoms with Crippen molar-refractivity contribution >= 4 is 21.4 Å². The standard InChI is InChI=1S/C23H37N3O2S/c1-4-23(2,3)29(27,28)25-21-10-8-19(9-11-21)18-24-20-12-14-22(15-13-20)26-16-6-5-7-17-26/h5-6,12-15,19,21,24-25H,4,7-11,16-18H2,1-3H3. The van der Waals surface area contributed by atoms with E-state index in [0.29, 0.717) is 12.3 Å². The fraction of sp³-hybridized carbons (Fsp3) is 0.652. The Bertz CT molecular complexity index is 779. The van der Waals surface area contributed by atoms with Gasteiger partial charge in [0.25, 0.3) is 0 Å². The van der Waals surface area contributed by atoms with E-state index in [9.17, 15) is 8.42 Å². The summed E-state index contributed by atoms with van der Waals surface area (Å²) in [5, 5.41) is 3.57. The maximum Gasteiger partial charge on any atom is 0.217 e. The Morgan fingerprint density at radius 1 is 1.07 bits per heavy atom. The topological polar surface area (TPSA) is 61.4 Å². The molecule has 0 amide bonds. The minimum Gasteiger partial charge on any atom is -0.385 e. The summed E-state index contributed by atoms with van der Waals surface area (Å²) >= 11 is 0. The second-order valence-electron chi connectivity index (χ2n) is 9.09. The molecule has 1 aliphatic heterocycles. The normalized spacial score (nSPS) is 23.2. The first-order valence-corrected chi connectivity index (χ1v) is 12.5. The number of sulfonamides is 1. The van der Waals surface area contributed by atoms with E-state index in [2.05, 4.69) is 51.4 Å². The van der Waals surface area contributed by atoms with Gasteiger partial charge >= 0.3 is 0 Å². The van der Waals surface area contributed by atoms with E-state index in [4.69, 9.17) is 0 Å². The zero-order valence-electron chi connectivity index (χ0n) is 18.2. The number of nitrogens with zero attached hydrogens (tertiary/aromatic N) is 1. The van der Waals surface area contributed by atoms with E-state index in [-0.39, 0.29) is 6.04 Å². The first-order valence-electron chi connectivity index (χ1n) is 11.1. The van der Waals surface area contributed by atoms with Crippen molar-refractivity contribution in [3.63, 3.8) is 0 Å². The highest BCUT2D eigenvalue weighted by atomic mass is 32.2. The van der Waals surface area contributed by atoms with Gasteiger partial charge in [-0.25, -0.2) is 13.1 Å². The quantitative estimate of drug-likeness (QED) is 0.608. The van der Waals surface area contributed by atoms with Crippen LogP contribution in [0.3, 0.4) is 0 Å². The predicted molar refractivity (Wildman–Crippen MR) is 123 cm³/mol. The van der Waals surface area contributed by atoms with Gasteiger partial charge in [0.05, 0.1) is 4.75 Å². The van der Waals surface area contributed by atoms with Gasteiger partial charge in [-0.2, -0.15) is 0 Å². The van der Waals surface area contributed by atoms with Crippen LogP contribution in [0.2, 0.25) is 0 Å². The zero-order valence-corrected chi connectivity index (χ0v) is 19.0. The summed E-state index contributed by atoms with van der Waals surface area (Å²) in [5.74, 6) is 0.599. The number of anilines is 2. The van der Waals surface area contributed by atoms with E-state index in [1.807, 2.05) is 6.92 Å². The minimum atomic E-state index is -3.27. The second-order valence-corrected chi connectivity index (χ2v) is 11.4. The van der Waals surface area contributed by atoms with Crippen molar-refractivity contribution in [3.8, 4) is 0 Å². The smallest absolute Gasteiger partial charge is 0.217 e. The molecular weight excluding hydrogens is 382 g/mol. The third-order valence-electron chi connectivity index (χ3n) is 6.63. The van der Waals surface area contributed by atoms with Crippen molar-refractivity contribution in [1.29, 1.82) is 0 Å². The molecule has 2 aliphatic rings. The summed E-state index contributed by atoms with van der Waals surface area (Å²) in [7, 11) is -3.27. The van der Waals surface area contributed by atoms with Gasteiger partial charge in [-0.1, -0.05) is 19.1 Å². The highest BCUT2D eigenvalue weighted by Crippen LogP contribution is 2.28. The van der Waals surface area contributed by atoms with Crippen LogP contribution in [-0.4, -0.2) is 38.8 Å². The molecular formula is C23H37N3O2S. The molecule has 1 saturated carbocycles. The van der Waals surface area contributed by atoms with Gasteiger partial charge in [-0.05, 0) is 82.6 Å². The zero-order chi connectivity index (χ0) is 20.9. The third kappa shape index (κ3) is 5.76. The molecule has 1 heterocycles. The molecule has 0 radical (unpaired) electrons. The monoisotopic (exact) mass is 419 g/mol. The minimum absolute atomic E-state index is 0.0833. The van der Waals surface area contributed by atoms with Crippen LogP contribution in [0.4, 0.5) is 11.4 Å². The number of hydrogen-bond acceptors (Lipinski definition) is 4. The first-order chi connectivity index (χ1) is 13.8. The van der Waals surface area contributed by atoms with Gasteiger partial charge in [0.2, 0.25) is 10.0 Å². The molecule has 0 spiro atoms. The number of hydrogen-bond donors (Lipinski definition) is 2. The molecule has 0 aromatic heterocycles. The van der Waals surface area contributed by atoms with E-state index in [1.165, 1.54) is 5.69 Å². The van der Waals surface area contributed by atoms with Crippen LogP contribution in [0.25, 0.3) is 0 Å². The van der Waals surface area contributed by atoms with Crippen LogP contribution in [0.1, 0.15) is 59.3 Å². The van der Waals surface area contributed by atoms with E-state index in [0.717, 1.165) is 57.4 Å². The van der Waals surface area contributed by atoms with E-state index in [1.54, 1.807) is 13.8 Å². The Morgan fingerprint density at radius 3 is 2.34 bits per heavy atom. The molecule has 162 valence electrons. The van der Waals surface area contributed by atoms with Gasteiger partial charge in [-0.3, -0.25) is 0 Å². The molecule has 29 heavy (non-hydrogen) atoms. The summed E-state index contributed by atoms with van der Waals surface area (Å²) in [6.07, 6.45) is 10.2. The van der Waals surface area contributed by atoms with Gasteiger partial charge in [0, 0.05) is 37.1 Å². The van der Waals surface area contributed by atoms with Crippen LogP contribution < -0.4 is 14.9 Å². The lowest BCUT2D eigenvalue weighted by Gasteiger charge is -2.32. The molecule has 5 nitrogen and oxygen atoms in total. The van der Waals surface area contributed by atoms with Crippen molar-refractivity contribution in [2.75, 3.05) is 29.9 Å². The maximum atomic E-state index is 12.6. The van der Waals surface area contributed by atoms with Crippen LogP contribution in [0, 0.1) is 5.92 Å². The number of rotatable bonds is 8. The third-order valence-corrected chi connectivity index (χ3v) is 9.02. The Kier molecular flexibility index (Phi) is 7.28. The van der Waals surface area contributed by atoms with Crippen LogP contribution >= 0.6 is 0 Å². The van der Waals surface area contributed by atoms with Crippen molar-refractivity contribution in [1.82, 2.24) is 4.72 Å².